The molecule has 0 aromatic carbocycles. The smallest absolute Gasteiger partial charge is 0.227 e. The summed E-state index contributed by atoms with van der Waals surface area (Å²) in [5, 5.41) is 10.6. The number of nitrogens with one attached hydrogen (secondary N) is 2. The maximum Gasteiger partial charge on any atom is 0.227 e. The molecule has 3 rings (SSSR count). The van der Waals surface area contributed by atoms with Gasteiger partial charge in [0.2, 0.25) is 5.91 Å². The van der Waals surface area contributed by atoms with Gasteiger partial charge in [-0.2, -0.15) is 5.10 Å². The fraction of sp³-hybridized carbons (Fsp3) is 0.667. The Morgan fingerprint density at radius 3 is 2.82 bits per heavy atom. The lowest BCUT2D eigenvalue weighted by atomic mass is 10.1. The minimum Gasteiger partial charge on any atom is -0.323 e. The second-order valence-corrected chi connectivity index (χ2v) is 4.95. The fourth-order valence-corrected chi connectivity index (χ4v) is 2.26. The van der Waals surface area contributed by atoms with E-state index in [1.807, 2.05) is 10.9 Å². The van der Waals surface area contributed by atoms with Gasteiger partial charge >= 0.3 is 0 Å². The number of aromatic nitrogens is 2. The van der Waals surface area contributed by atoms with Crippen molar-refractivity contribution in [3.63, 3.8) is 0 Å². The molecule has 92 valence electrons. The SMILES string of the molecule is O=C(Nc1cnn(C2CCNCC2)c1)C1CC1. The van der Waals surface area contributed by atoms with Gasteiger partial charge in [-0.05, 0) is 38.8 Å². The number of hydrogen-bond acceptors (Lipinski definition) is 3. The van der Waals surface area contributed by atoms with Crippen LogP contribution in [0.25, 0.3) is 0 Å². The Hall–Kier alpha value is -1.36. The topological polar surface area (TPSA) is 59.0 Å². The summed E-state index contributed by atoms with van der Waals surface area (Å²) < 4.78 is 1.99. The van der Waals surface area contributed by atoms with E-state index in [0.29, 0.717) is 6.04 Å². The summed E-state index contributed by atoms with van der Waals surface area (Å²) in [6.07, 6.45) is 8.00. The van der Waals surface area contributed by atoms with Gasteiger partial charge in [-0.15, -0.1) is 0 Å². The Labute approximate surface area is 101 Å². The maximum atomic E-state index is 11.6. The Balaban J connectivity index is 1.62. The maximum absolute atomic E-state index is 11.6. The molecule has 2 heterocycles. The van der Waals surface area contributed by atoms with Gasteiger partial charge in [0, 0.05) is 12.1 Å². The van der Waals surface area contributed by atoms with E-state index in [1.165, 1.54) is 0 Å². The zero-order chi connectivity index (χ0) is 11.7. The fourth-order valence-electron chi connectivity index (χ4n) is 2.26. The Bertz CT molecular complexity index is 404. The zero-order valence-corrected chi connectivity index (χ0v) is 9.85. The number of hydrogen-bond donors (Lipinski definition) is 2. The molecule has 2 fully saturated rings. The summed E-state index contributed by atoms with van der Waals surface area (Å²) in [7, 11) is 0. The number of carbonyl (C=O) groups is 1. The molecule has 1 aromatic rings. The summed E-state index contributed by atoms with van der Waals surface area (Å²) in [5.41, 5.74) is 0.834. The van der Waals surface area contributed by atoms with Crippen LogP contribution in [0.4, 0.5) is 5.69 Å². The van der Waals surface area contributed by atoms with E-state index in [9.17, 15) is 4.79 Å². The number of piperidine rings is 1. The van der Waals surface area contributed by atoms with E-state index < -0.39 is 0 Å². The minimum atomic E-state index is 0.148. The first kappa shape index (κ1) is 10.8. The van der Waals surface area contributed by atoms with Crippen molar-refractivity contribution in [1.82, 2.24) is 15.1 Å². The van der Waals surface area contributed by atoms with Crippen LogP contribution in [-0.4, -0.2) is 28.8 Å². The lowest BCUT2D eigenvalue weighted by molar-refractivity contribution is -0.117. The van der Waals surface area contributed by atoms with Crippen molar-refractivity contribution in [2.24, 2.45) is 5.92 Å². The van der Waals surface area contributed by atoms with E-state index in [-0.39, 0.29) is 11.8 Å². The first-order valence-corrected chi connectivity index (χ1v) is 6.38. The number of carbonyl (C=O) groups excluding carboxylic acids is 1. The van der Waals surface area contributed by atoms with Gasteiger partial charge < -0.3 is 10.6 Å². The highest BCUT2D eigenvalue weighted by atomic mass is 16.2. The van der Waals surface area contributed by atoms with Crippen molar-refractivity contribution >= 4 is 11.6 Å². The summed E-state index contributed by atoms with van der Waals surface area (Å²) in [5.74, 6) is 0.395. The molecular weight excluding hydrogens is 216 g/mol. The van der Waals surface area contributed by atoms with Crippen molar-refractivity contribution in [2.75, 3.05) is 18.4 Å². The first-order chi connectivity index (χ1) is 8.33. The highest BCUT2D eigenvalue weighted by Crippen LogP contribution is 2.30. The first-order valence-electron chi connectivity index (χ1n) is 6.38. The monoisotopic (exact) mass is 234 g/mol. The van der Waals surface area contributed by atoms with Crippen molar-refractivity contribution < 1.29 is 4.79 Å². The normalized spacial score (nSPS) is 21.4. The van der Waals surface area contributed by atoms with Crippen LogP contribution in [0.3, 0.4) is 0 Å². The van der Waals surface area contributed by atoms with Crippen molar-refractivity contribution in [2.45, 2.75) is 31.7 Å². The van der Waals surface area contributed by atoms with E-state index >= 15 is 0 Å². The Kier molecular flexibility index (Phi) is 2.84. The van der Waals surface area contributed by atoms with Crippen molar-refractivity contribution in [1.29, 1.82) is 0 Å². The quantitative estimate of drug-likeness (QED) is 0.825. The van der Waals surface area contributed by atoms with E-state index in [0.717, 1.165) is 44.5 Å². The number of amides is 1. The third-order valence-corrected chi connectivity index (χ3v) is 3.50. The summed E-state index contributed by atoms with van der Waals surface area (Å²) in [4.78, 5) is 11.6. The number of rotatable bonds is 3. The van der Waals surface area contributed by atoms with Crippen LogP contribution in [0, 0.1) is 5.92 Å². The van der Waals surface area contributed by atoms with Crippen molar-refractivity contribution in [3.05, 3.63) is 12.4 Å². The van der Waals surface area contributed by atoms with Crippen LogP contribution in [0.2, 0.25) is 0 Å². The van der Waals surface area contributed by atoms with Gasteiger partial charge in [0.1, 0.15) is 0 Å². The molecule has 2 N–H and O–H groups in total. The second kappa shape index (κ2) is 4.49. The summed E-state index contributed by atoms with van der Waals surface area (Å²) in [6, 6.07) is 0.475. The van der Waals surface area contributed by atoms with Crippen LogP contribution in [0.15, 0.2) is 12.4 Å². The van der Waals surface area contributed by atoms with Gasteiger partial charge in [-0.3, -0.25) is 9.48 Å². The average molecular weight is 234 g/mol. The second-order valence-electron chi connectivity index (χ2n) is 4.95. The van der Waals surface area contributed by atoms with Gasteiger partial charge in [0.15, 0.2) is 0 Å². The molecule has 0 bridgehead atoms. The molecule has 17 heavy (non-hydrogen) atoms. The molecule has 1 amide bonds. The Morgan fingerprint density at radius 1 is 1.35 bits per heavy atom. The molecule has 5 heteroatoms. The molecule has 1 aliphatic heterocycles. The summed E-state index contributed by atoms with van der Waals surface area (Å²) in [6.45, 7) is 2.10. The largest absolute Gasteiger partial charge is 0.323 e. The van der Waals surface area contributed by atoms with Gasteiger partial charge in [0.05, 0.1) is 17.9 Å². The number of anilines is 1. The van der Waals surface area contributed by atoms with Crippen molar-refractivity contribution in [3.8, 4) is 0 Å². The third kappa shape index (κ3) is 2.49. The van der Waals surface area contributed by atoms with Gasteiger partial charge in [0.25, 0.3) is 0 Å². The van der Waals surface area contributed by atoms with Crippen LogP contribution >= 0.6 is 0 Å². The highest BCUT2D eigenvalue weighted by Gasteiger charge is 2.29. The average Bonchev–Trinajstić information content (AvgIpc) is 3.12. The lowest BCUT2D eigenvalue weighted by Gasteiger charge is -2.22. The molecule has 1 aromatic heterocycles. The molecular formula is C12H18N4O. The summed E-state index contributed by atoms with van der Waals surface area (Å²) >= 11 is 0. The van der Waals surface area contributed by atoms with Crippen LogP contribution in [0.1, 0.15) is 31.7 Å². The standard InChI is InChI=1S/C12H18N4O/c17-12(9-1-2-9)15-10-7-14-16(8-10)11-3-5-13-6-4-11/h7-9,11,13H,1-6H2,(H,15,17). The lowest BCUT2D eigenvalue weighted by Crippen LogP contribution is -2.29. The molecule has 0 unspecified atom stereocenters. The van der Waals surface area contributed by atoms with E-state index in [2.05, 4.69) is 15.7 Å². The van der Waals surface area contributed by atoms with E-state index in [4.69, 9.17) is 0 Å². The zero-order valence-electron chi connectivity index (χ0n) is 9.85. The van der Waals surface area contributed by atoms with Crippen LogP contribution in [0.5, 0.6) is 0 Å². The van der Waals surface area contributed by atoms with Crippen LogP contribution in [-0.2, 0) is 4.79 Å². The Morgan fingerprint density at radius 2 is 2.12 bits per heavy atom. The molecule has 0 radical (unpaired) electrons. The van der Waals surface area contributed by atoms with Gasteiger partial charge in [-0.1, -0.05) is 0 Å². The molecule has 5 nitrogen and oxygen atoms in total. The molecule has 0 atom stereocenters. The molecule has 1 saturated heterocycles. The minimum absolute atomic E-state index is 0.148. The molecule has 2 aliphatic rings. The number of nitrogens with zero attached hydrogens (tertiary/aromatic N) is 2. The molecule has 1 saturated carbocycles. The van der Waals surface area contributed by atoms with Crippen LogP contribution < -0.4 is 10.6 Å². The predicted octanol–water partition coefficient (Wildman–Crippen LogP) is 1.16. The van der Waals surface area contributed by atoms with E-state index in [1.54, 1.807) is 6.20 Å². The predicted molar refractivity (Wildman–Crippen MR) is 64.7 cm³/mol. The molecule has 0 spiro atoms. The third-order valence-electron chi connectivity index (χ3n) is 3.50. The molecule has 1 aliphatic carbocycles. The highest BCUT2D eigenvalue weighted by molar-refractivity contribution is 5.93. The van der Waals surface area contributed by atoms with Gasteiger partial charge in [-0.25, -0.2) is 0 Å².